The predicted molar refractivity (Wildman–Crippen MR) is 102 cm³/mol. The molecule has 0 aliphatic carbocycles. The Hall–Kier alpha value is -1.61. The van der Waals surface area contributed by atoms with Gasteiger partial charge in [-0.1, -0.05) is 27.5 Å². The Morgan fingerprint density at radius 1 is 1.23 bits per heavy atom. The third-order valence-electron chi connectivity index (χ3n) is 3.42. The molecule has 0 radical (unpaired) electrons. The number of hydrogen-bond acceptors (Lipinski definition) is 5. The molecule has 0 saturated carbocycles. The van der Waals surface area contributed by atoms with E-state index in [0.717, 1.165) is 4.47 Å². The van der Waals surface area contributed by atoms with E-state index >= 15 is 0 Å². The van der Waals surface area contributed by atoms with E-state index in [-0.39, 0.29) is 11.5 Å². The van der Waals surface area contributed by atoms with Crippen LogP contribution in [-0.4, -0.2) is 27.5 Å². The van der Waals surface area contributed by atoms with Crippen molar-refractivity contribution < 1.29 is 22.7 Å². The number of methoxy groups -OCH3 is 1. The second kappa shape index (κ2) is 8.85. The minimum Gasteiger partial charge on any atom is -0.496 e. The van der Waals surface area contributed by atoms with Gasteiger partial charge in [0.25, 0.3) is 0 Å². The lowest BCUT2D eigenvalue weighted by molar-refractivity contribution is -0.146. The highest BCUT2D eigenvalue weighted by atomic mass is 79.9. The third kappa shape index (κ3) is 5.44. The number of esters is 1. The van der Waals surface area contributed by atoms with Crippen LogP contribution in [0.25, 0.3) is 0 Å². The molecule has 0 spiro atoms. The summed E-state index contributed by atoms with van der Waals surface area (Å²) in [5, 5.41) is 0.416. The predicted octanol–water partition coefficient (Wildman–Crippen LogP) is 3.52. The van der Waals surface area contributed by atoms with Gasteiger partial charge in [-0.25, -0.2) is 8.42 Å². The Morgan fingerprint density at radius 3 is 2.50 bits per heavy atom. The normalized spacial score (nSPS) is 12.5. The standard InChI is InChI=1S/C17H17BrClNO5S/c1-11(20-26(22,23)15-6-4-14(19)5-7-15)17(21)25-10-12-9-13(18)3-8-16(12)24-2/h3-9,11,20H,10H2,1-2H3/t11-/m0/s1. The van der Waals surface area contributed by atoms with Crippen molar-refractivity contribution >= 4 is 43.5 Å². The van der Waals surface area contributed by atoms with Gasteiger partial charge < -0.3 is 9.47 Å². The van der Waals surface area contributed by atoms with Gasteiger partial charge in [0.2, 0.25) is 10.0 Å². The molecule has 1 atom stereocenters. The summed E-state index contributed by atoms with van der Waals surface area (Å²) >= 11 is 9.09. The number of carbonyl (C=O) groups is 1. The Labute approximate surface area is 165 Å². The highest BCUT2D eigenvalue weighted by Gasteiger charge is 2.23. The van der Waals surface area contributed by atoms with Gasteiger partial charge in [0, 0.05) is 15.1 Å². The zero-order chi connectivity index (χ0) is 19.3. The smallest absolute Gasteiger partial charge is 0.324 e. The van der Waals surface area contributed by atoms with E-state index in [1.165, 1.54) is 38.3 Å². The van der Waals surface area contributed by atoms with Crippen molar-refractivity contribution in [1.29, 1.82) is 0 Å². The fourth-order valence-corrected chi connectivity index (χ4v) is 3.82. The average molecular weight is 463 g/mol. The molecule has 0 aliphatic rings. The molecule has 0 aliphatic heterocycles. The van der Waals surface area contributed by atoms with E-state index in [9.17, 15) is 13.2 Å². The molecule has 2 aromatic carbocycles. The summed E-state index contributed by atoms with van der Waals surface area (Å²) < 4.78 is 38.1. The molecule has 0 saturated heterocycles. The van der Waals surface area contributed by atoms with Gasteiger partial charge in [0.15, 0.2) is 0 Å². The number of rotatable bonds is 7. The van der Waals surface area contributed by atoms with Gasteiger partial charge in [-0.2, -0.15) is 4.72 Å². The molecule has 0 heterocycles. The first kappa shape index (κ1) is 20.7. The molecule has 2 aromatic rings. The largest absolute Gasteiger partial charge is 0.496 e. The highest BCUT2D eigenvalue weighted by molar-refractivity contribution is 9.10. The molecule has 0 aromatic heterocycles. The molecule has 9 heteroatoms. The molecule has 140 valence electrons. The average Bonchev–Trinajstić information content (AvgIpc) is 2.59. The van der Waals surface area contributed by atoms with Crippen molar-refractivity contribution in [2.45, 2.75) is 24.5 Å². The van der Waals surface area contributed by atoms with Crippen LogP contribution in [0.3, 0.4) is 0 Å². The lowest BCUT2D eigenvalue weighted by Gasteiger charge is -2.15. The number of nitrogens with one attached hydrogen (secondary N) is 1. The summed E-state index contributed by atoms with van der Waals surface area (Å²) in [6.07, 6.45) is 0. The summed E-state index contributed by atoms with van der Waals surface area (Å²) in [7, 11) is -2.35. The maximum atomic E-state index is 12.3. The van der Waals surface area contributed by atoms with Crippen LogP contribution in [0.1, 0.15) is 12.5 Å². The molecule has 0 amide bonds. The Kier molecular flexibility index (Phi) is 7.05. The van der Waals surface area contributed by atoms with E-state index in [2.05, 4.69) is 20.7 Å². The molecule has 0 bridgehead atoms. The van der Waals surface area contributed by atoms with E-state index in [0.29, 0.717) is 16.3 Å². The zero-order valence-corrected chi connectivity index (χ0v) is 17.2. The van der Waals surface area contributed by atoms with E-state index in [1.807, 2.05) is 0 Å². The second-order valence-electron chi connectivity index (χ2n) is 5.36. The molecule has 2 rings (SSSR count). The Balaban J connectivity index is 2.01. The van der Waals surface area contributed by atoms with Crippen molar-refractivity contribution in [3.63, 3.8) is 0 Å². The summed E-state index contributed by atoms with van der Waals surface area (Å²) in [6.45, 7) is 1.36. The first-order valence-electron chi connectivity index (χ1n) is 7.50. The Morgan fingerprint density at radius 2 is 1.88 bits per heavy atom. The van der Waals surface area contributed by atoms with Gasteiger partial charge in [0.05, 0.1) is 12.0 Å². The number of benzene rings is 2. The first-order valence-corrected chi connectivity index (χ1v) is 10.2. The lowest BCUT2D eigenvalue weighted by atomic mass is 10.2. The number of hydrogen-bond donors (Lipinski definition) is 1. The Bertz CT molecular complexity index is 887. The van der Waals surface area contributed by atoms with Gasteiger partial charge in [0.1, 0.15) is 18.4 Å². The molecular formula is C17H17BrClNO5S. The van der Waals surface area contributed by atoms with Crippen LogP contribution in [0.15, 0.2) is 51.8 Å². The number of ether oxygens (including phenoxy) is 2. The monoisotopic (exact) mass is 461 g/mol. The maximum Gasteiger partial charge on any atom is 0.324 e. The minimum absolute atomic E-state index is 0.00945. The van der Waals surface area contributed by atoms with Gasteiger partial charge in [-0.3, -0.25) is 4.79 Å². The van der Waals surface area contributed by atoms with Gasteiger partial charge in [-0.05, 0) is 49.4 Å². The zero-order valence-electron chi connectivity index (χ0n) is 14.0. The molecule has 1 N–H and O–H groups in total. The van der Waals surface area contributed by atoms with Crippen LogP contribution in [0, 0.1) is 0 Å². The van der Waals surface area contributed by atoms with Crippen LogP contribution < -0.4 is 9.46 Å². The lowest BCUT2D eigenvalue weighted by Crippen LogP contribution is -2.39. The second-order valence-corrected chi connectivity index (χ2v) is 8.43. The molecule has 26 heavy (non-hydrogen) atoms. The van der Waals surface area contributed by atoms with Gasteiger partial charge >= 0.3 is 5.97 Å². The van der Waals surface area contributed by atoms with E-state index < -0.39 is 22.0 Å². The van der Waals surface area contributed by atoms with Crippen LogP contribution >= 0.6 is 27.5 Å². The van der Waals surface area contributed by atoms with E-state index in [1.54, 1.807) is 18.2 Å². The molecule has 6 nitrogen and oxygen atoms in total. The number of sulfonamides is 1. The van der Waals surface area contributed by atoms with Crippen molar-refractivity contribution in [1.82, 2.24) is 4.72 Å². The van der Waals surface area contributed by atoms with Crippen molar-refractivity contribution in [3.8, 4) is 5.75 Å². The topological polar surface area (TPSA) is 81.7 Å². The maximum absolute atomic E-state index is 12.3. The van der Waals surface area contributed by atoms with Crippen LogP contribution in [0.2, 0.25) is 5.02 Å². The quantitative estimate of drug-likeness (QED) is 0.637. The van der Waals surface area contributed by atoms with Crippen LogP contribution in [0.4, 0.5) is 0 Å². The number of halogens is 2. The summed E-state index contributed by atoms with van der Waals surface area (Å²) in [6, 6.07) is 9.86. The summed E-state index contributed by atoms with van der Waals surface area (Å²) in [5.74, 6) is -0.139. The molecule has 0 unspecified atom stereocenters. The van der Waals surface area contributed by atoms with Gasteiger partial charge in [-0.15, -0.1) is 0 Å². The minimum atomic E-state index is -3.87. The molecular weight excluding hydrogens is 446 g/mol. The SMILES string of the molecule is COc1ccc(Br)cc1COC(=O)[C@H](C)NS(=O)(=O)c1ccc(Cl)cc1. The molecule has 0 fully saturated rings. The number of carbonyl (C=O) groups excluding carboxylic acids is 1. The summed E-state index contributed by atoms with van der Waals surface area (Å²) in [5.41, 5.74) is 0.656. The van der Waals surface area contributed by atoms with Crippen molar-refractivity contribution in [2.24, 2.45) is 0 Å². The van der Waals surface area contributed by atoms with Crippen LogP contribution in [-0.2, 0) is 26.2 Å². The summed E-state index contributed by atoms with van der Waals surface area (Å²) in [4.78, 5) is 12.2. The van der Waals surface area contributed by atoms with Crippen LogP contribution in [0.5, 0.6) is 5.75 Å². The fourth-order valence-electron chi connectivity index (χ4n) is 2.10. The van der Waals surface area contributed by atoms with Crippen molar-refractivity contribution in [2.75, 3.05) is 7.11 Å². The van der Waals surface area contributed by atoms with E-state index in [4.69, 9.17) is 21.1 Å². The highest BCUT2D eigenvalue weighted by Crippen LogP contribution is 2.23. The third-order valence-corrected chi connectivity index (χ3v) is 5.72. The fraction of sp³-hybridized carbons (Fsp3) is 0.235. The first-order chi connectivity index (χ1) is 12.2. The van der Waals surface area contributed by atoms with Crippen molar-refractivity contribution in [3.05, 3.63) is 57.5 Å².